The molecule has 72 heavy (non-hydrogen) atoms. The summed E-state index contributed by atoms with van der Waals surface area (Å²) in [7, 11) is 0. The smallest absolute Gasteiger partial charge is 0.264 e. The molecule has 3 nitrogen and oxygen atoms in total. The van der Waals surface area contributed by atoms with Crippen LogP contribution in [0.4, 0.5) is 34.1 Å². The normalized spacial score (nSPS) is 20.5. The van der Waals surface area contributed by atoms with Crippen LogP contribution >= 0.6 is 11.3 Å². The fraction of sp³-hybridized carbons (Fsp3) is 0.433. The van der Waals surface area contributed by atoms with Gasteiger partial charge in [-0.2, -0.15) is 0 Å². The largest absolute Gasteiger partial charge is 0.456 e. The minimum Gasteiger partial charge on any atom is -0.456 e. The van der Waals surface area contributed by atoms with Crippen LogP contribution in [0.3, 0.4) is 0 Å². The predicted molar refractivity (Wildman–Crippen MR) is 312 cm³/mol. The van der Waals surface area contributed by atoms with Crippen LogP contribution in [0.25, 0.3) is 32.0 Å². The van der Waals surface area contributed by atoms with Gasteiger partial charge in [-0.1, -0.05) is 140 Å². The Balaban J connectivity index is 1.19. The van der Waals surface area contributed by atoms with Gasteiger partial charge in [0.05, 0.1) is 16.8 Å². The van der Waals surface area contributed by atoms with Gasteiger partial charge in [-0.15, -0.1) is 11.3 Å². The summed E-state index contributed by atoms with van der Waals surface area (Å²) in [6.45, 7) is 39.1. The van der Waals surface area contributed by atoms with Crippen LogP contribution in [-0.4, -0.2) is 6.71 Å². The highest BCUT2D eigenvalue weighted by Gasteiger charge is 2.49. The summed E-state index contributed by atoms with van der Waals surface area (Å²) in [5, 5.41) is 3.74. The average molecular weight is 967 g/mol. The predicted octanol–water partition coefficient (Wildman–Crippen LogP) is 17.5. The van der Waals surface area contributed by atoms with Crippen molar-refractivity contribution in [2.24, 2.45) is 0 Å². The van der Waals surface area contributed by atoms with Crippen molar-refractivity contribution in [1.82, 2.24) is 0 Å². The molecule has 0 amide bonds. The van der Waals surface area contributed by atoms with Gasteiger partial charge >= 0.3 is 0 Å². The van der Waals surface area contributed by atoms with Gasteiger partial charge in [0.15, 0.2) is 0 Å². The molecule has 0 saturated carbocycles. The Labute approximate surface area is 434 Å². The third-order valence-corrected chi connectivity index (χ3v) is 20.6. The number of rotatable bonds is 2. The van der Waals surface area contributed by atoms with E-state index in [9.17, 15) is 0 Å². The van der Waals surface area contributed by atoms with Crippen LogP contribution < -0.4 is 25.5 Å². The number of hydrogen-bond acceptors (Lipinski definition) is 4. The SMILES string of the molecule is Cc1cc2c3c(c1)N(c1cccc4oc5c(C(C)(C)C)cccc5c14)c1c(sc4cc5c(cc14)C(C)(C)CCC5(C)C)B3c1cc3c(cc1N2c1ccc2c(c1)C(C)(C)CCC2(C)C)C(C)(C)CCC3(C)C. The molecule has 3 aliphatic carbocycles. The van der Waals surface area contributed by atoms with E-state index in [-0.39, 0.29) is 44.6 Å². The van der Waals surface area contributed by atoms with E-state index < -0.39 is 0 Å². The number of nitrogens with zero attached hydrogens (tertiary/aromatic N) is 2. The summed E-state index contributed by atoms with van der Waals surface area (Å²) < 4.78 is 9.91. The fourth-order valence-electron chi connectivity index (χ4n) is 14.6. The second kappa shape index (κ2) is 14.5. The lowest BCUT2D eigenvalue weighted by Gasteiger charge is -2.47. The summed E-state index contributed by atoms with van der Waals surface area (Å²) in [5.74, 6) is 0. The van der Waals surface area contributed by atoms with Crippen molar-refractivity contribution in [2.75, 3.05) is 9.80 Å². The van der Waals surface area contributed by atoms with E-state index in [2.05, 4.69) is 223 Å². The maximum atomic E-state index is 7.07. The first-order valence-corrected chi connectivity index (χ1v) is 28.2. The summed E-state index contributed by atoms with van der Waals surface area (Å²) in [5.41, 5.74) is 24.4. The van der Waals surface area contributed by atoms with Crippen LogP contribution in [0.15, 0.2) is 95.4 Å². The molecule has 5 aliphatic rings. The number of thiophene rings is 1. The molecule has 0 saturated heterocycles. The molecule has 6 aromatic carbocycles. The van der Waals surface area contributed by atoms with E-state index in [0.717, 1.165) is 11.2 Å². The fourth-order valence-corrected chi connectivity index (χ4v) is 15.9. The first-order chi connectivity index (χ1) is 33.7. The number of para-hydroxylation sites is 1. The highest BCUT2D eigenvalue weighted by molar-refractivity contribution is 7.33. The van der Waals surface area contributed by atoms with Crippen molar-refractivity contribution in [2.45, 2.75) is 187 Å². The van der Waals surface area contributed by atoms with Crippen LogP contribution in [0, 0.1) is 6.92 Å². The molecule has 0 spiro atoms. The molecule has 0 radical (unpaired) electrons. The van der Waals surface area contributed by atoms with Crippen LogP contribution in [0.2, 0.25) is 0 Å². The highest BCUT2D eigenvalue weighted by atomic mass is 32.1. The van der Waals surface area contributed by atoms with Gasteiger partial charge in [-0.05, 0) is 188 Å². The Kier molecular flexibility index (Phi) is 9.39. The summed E-state index contributed by atoms with van der Waals surface area (Å²) in [4.78, 5) is 5.44. The molecule has 368 valence electrons. The quantitative estimate of drug-likeness (QED) is 0.161. The average Bonchev–Trinajstić information content (AvgIpc) is 3.88. The number of anilines is 6. The van der Waals surface area contributed by atoms with E-state index >= 15 is 0 Å². The van der Waals surface area contributed by atoms with Crippen LogP contribution in [0.1, 0.15) is 187 Å². The molecular weight excluding hydrogens is 892 g/mol. The Morgan fingerprint density at radius 2 is 1.06 bits per heavy atom. The topological polar surface area (TPSA) is 19.6 Å². The van der Waals surface area contributed by atoms with E-state index in [1.807, 2.05) is 0 Å². The van der Waals surface area contributed by atoms with Crippen molar-refractivity contribution in [1.29, 1.82) is 0 Å². The van der Waals surface area contributed by atoms with Crippen LogP contribution in [0.5, 0.6) is 0 Å². The summed E-state index contributed by atoms with van der Waals surface area (Å²) in [6, 6.07) is 37.0. The molecular formula is C67H75BN2OS. The Hall–Kier alpha value is -5.26. The molecule has 0 fully saturated rings. The zero-order valence-electron chi connectivity index (χ0n) is 46.2. The minimum absolute atomic E-state index is 0.0375. The molecule has 0 bridgehead atoms. The van der Waals surface area contributed by atoms with Gasteiger partial charge in [0.25, 0.3) is 6.71 Å². The second-order valence-electron chi connectivity index (χ2n) is 28.2. The summed E-state index contributed by atoms with van der Waals surface area (Å²) >= 11 is 2.06. The third kappa shape index (κ3) is 6.40. The monoisotopic (exact) mass is 967 g/mol. The second-order valence-corrected chi connectivity index (χ2v) is 29.3. The lowest BCUT2D eigenvalue weighted by Crippen LogP contribution is -2.61. The minimum atomic E-state index is -0.0839. The van der Waals surface area contributed by atoms with Gasteiger partial charge in [0.1, 0.15) is 11.2 Å². The van der Waals surface area contributed by atoms with Gasteiger partial charge in [-0.3, -0.25) is 0 Å². The third-order valence-electron chi connectivity index (χ3n) is 19.4. The first-order valence-electron chi connectivity index (χ1n) is 27.3. The van der Waals surface area contributed by atoms with Gasteiger partial charge in [0, 0.05) is 48.6 Å². The van der Waals surface area contributed by atoms with Crippen molar-refractivity contribution < 1.29 is 4.42 Å². The van der Waals surface area contributed by atoms with E-state index in [0.29, 0.717) is 0 Å². The Morgan fingerprint density at radius 1 is 0.514 bits per heavy atom. The molecule has 8 aromatic rings. The lowest BCUT2D eigenvalue weighted by atomic mass is 9.35. The Bertz CT molecular complexity index is 3670. The van der Waals surface area contributed by atoms with E-state index in [1.165, 1.54) is 154 Å². The molecule has 2 aromatic heterocycles. The van der Waals surface area contributed by atoms with E-state index in [4.69, 9.17) is 4.42 Å². The number of benzene rings is 6. The molecule has 13 rings (SSSR count). The zero-order chi connectivity index (χ0) is 50.8. The van der Waals surface area contributed by atoms with Gasteiger partial charge in [0.2, 0.25) is 0 Å². The molecule has 0 unspecified atom stereocenters. The maximum absolute atomic E-state index is 7.07. The first kappa shape index (κ1) is 46.5. The van der Waals surface area contributed by atoms with Gasteiger partial charge in [-0.25, -0.2) is 0 Å². The van der Waals surface area contributed by atoms with Crippen molar-refractivity contribution in [3.8, 4) is 0 Å². The molecule has 0 atom stereocenters. The number of fused-ring (bicyclic) bond motifs is 12. The van der Waals surface area contributed by atoms with Crippen molar-refractivity contribution in [3.63, 3.8) is 0 Å². The summed E-state index contributed by atoms with van der Waals surface area (Å²) in [6.07, 6.45) is 7.10. The van der Waals surface area contributed by atoms with Gasteiger partial charge < -0.3 is 14.2 Å². The number of aryl methyl sites for hydroxylation is 1. The van der Waals surface area contributed by atoms with E-state index in [1.54, 1.807) is 0 Å². The van der Waals surface area contributed by atoms with Crippen LogP contribution in [-0.2, 0) is 37.9 Å². The maximum Gasteiger partial charge on any atom is 0.264 e. The standard InChI is InChI=1S/C67H75BN2OS/c1-38-31-52-57-53(32-38)70(50-21-18-22-54-56(50)40-19-17-20-43(59(40)71-54)61(2,3)4)58-41-34-45-48(67(15,16)30-27-64(45,9)10)37-55(41)72-60(58)68(57)49-35-46-47(66(13,14)29-28-65(46,11)12)36-51(49)69(52)39-23-24-42-44(33-39)63(7,8)26-25-62(42,5)6/h17-24,31-37H,25-30H2,1-16H3. The lowest BCUT2D eigenvalue weighted by molar-refractivity contribution is 0.332. The number of furan rings is 1. The highest BCUT2D eigenvalue weighted by Crippen LogP contribution is 2.56. The zero-order valence-corrected chi connectivity index (χ0v) is 47.0. The van der Waals surface area contributed by atoms with Crippen molar-refractivity contribution in [3.05, 3.63) is 136 Å². The molecule has 0 N–H and O–H groups in total. The van der Waals surface area contributed by atoms with Crippen molar-refractivity contribution >= 4 is 99.9 Å². The number of hydrogen-bond donors (Lipinski definition) is 0. The Morgan fingerprint density at radius 3 is 1.68 bits per heavy atom. The molecule has 5 heteroatoms. The molecule has 4 heterocycles. The molecule has 2 aliphatic heterocycles.